The lowest BCUT2D eigenvalue weighted by atomic mass is 9.87. The van der Waals surface area contributed by atoms with Gasteiger partial charge in [-0.3, -0.25) is 0 Å². The second kappa shape index (κ2) is 24.5. The van der Waals surface area contributed by atoms with E-state index in [1.54, 1.807) is 47.4 Å². The first-order chi connectivity index (χ1) is 41.4. The van der Waals surface area contributed by atoms with Crippen molar-refractivity contribution >= 4 is 0 Å². The van der Waals surface area contributed by atoms with Gasteiger partial charge in [0.15, 0.2) is 68.6 Å². The monoisotopic (exact) mass is 1170 g/mol. The van der Waals surface area contributed by atoms with Gasteiger partial charge in [-0.1, -0.05) is 71.9 Å². The molecule has 0 atom stereocenters. The van der Waals surface area contributed by atoms with Gasteiger partial charge in [0.1, 0.15) is 80.2 Å². The molecule has 0 radical (unpaired) electrons. The molecule has 0 saturated carbocycles. The molecule has 0 spiro atoms. The molecule has 6 N–H and O–H groups in total. The highest BCUT2D eigenvalue weighted by Crippen LogP contribution is 2.32. The molecule has 0 saturated heterocycles. The summed E-state index contributed by atoms with van der Waals surface area (Å²) in [7, 11) is 0. The Kier molecular flexibility index (Phi) is 16.7. The zero-order chi connectivity index (χ0) is 61.9. The molecule has 0 aliphatic carbocycles. The summed E-state index contributed by atoms with van der Waals surface area (Å²) in [5.74, 6) is 0.802. The lowest BCUT2D eigenvalue weighted by Gasteiger charge is -2.19. The number of aromatic hydroxyl groups is 6. The lowest BCUT2D eigenvalue weighted by molar-refractivity contribution is -0.912. The number of nitrogens with zero attached hydrogens (tertiary/aromatic N) is 12. The van der Waals surface area contributed by atoms with Gasteiger partial charge in [0.25, 0.3) is 38.0 Å². The molecule has 0 amide bonds. The van der Waals surface area contributed by atoms with Gasteiger partial charge in [0, 0.05) is 6.07 Å². The Morgan fingerprint density at radius 3 is 0.782 bits per heavy atom. The Bertz CT molecular complexity index is 3940. The van der Waals surface area contributed by atoms with Crippen LogP contribution >= 0.6 is 0 Å². The number of aromatic nitrogens is 12. The van der Waals surface area contributed by atoms with Gasteiger partial charge in [0.2, 0.25) is 20.0 Å². The van der Waals surface area contributed by atoms with Gasteiger partial charge >= 0.3 is 0 Å². The smallest absolute Gasteiger partial charge is 0.252 e. The van der Waals surface area contributed by atoms with E-state index in [2.05, 4.69) is 41.5 Å². The number of phenols is 6. The minimum Gasteiger partial charge on any atom is -0.504 e. The fourth-order valence-electron chi connectivity index (χ4n) is 9.91. The molecule has 0 bridgehead atoms. The van der Waals surface area contributed by atoms with Crippen molar-refractivity contribution < 1.29 is 62.4 Å². The van der Waals surface area contributed by atoms with E-state index in [1.807, 2.05) is 231 Å². The summed E-state index contributed by atoms with van der Waals surface area (Å²) >= 11 is 0. The molecule has 444 valence electrons. The number of rotatable bonds is 12. The lowest BCUT2D eigenvalue weighted by Crippen LogP contribution is -2.49. The molecule has 0 fully saturated rings. The molecule has 12 aromatic rings. The normalized spacial score (nSPS) is 11.5. The highest BCUT2D eigenvalue weighted by molar-refractivity contribution is 5.52. The summed E-state index contributed by atoms with van der Waals surface area (Å²) in [4.78, 5) is 0. The predicted molar refractivity (Wildman–Crippen MR) is 324 cm³/mol. The fourth-order valence-corrected chi connectivity index (χ4v) is 9.91. The van der Waals surface area contributed by atoms with Crippen molar-refractivity contribution in [1.82, 2.24) is 27.4 Å². The Morgan fingerprint density at radius 1 is 0.310 bits per heavy atom. The molecule has 0 aliphatic rings. The number of hydrogen-bond acceptors (Lipinski definition) is 6. The van der Waals surface area contributed by atoms with Crippen molar-refractivity contribution in [3.63, 3.8) is 0 Å². The van der Waals surface area contributed by atoms with Crippen LogP contribution in [0.2, 0.25) is 0 Å². The third-order valence-electron chi connectivity index (χ3n) is 14.8. The third kappa shape index (κ3) is 14.1. The first-order valence-corrected chi connectivity index (χ1v) is 28.4. The first kappa shape index (κ1) is 59.5. The van der Waals surface area contributed by atoms with Crippen LogP contribution in [0.5, 0.6) is 34.5 Å². The average Bonchev–Trinajstić information content (AvgIpc) is 2.73. The van der Waals surface area contributed by atoms with Crippen LogP contribution < -0.4 is 27.4 Å². The molecule has 0 unspecified atom stereocenters. The van der Waals surface area contributed by atoms with Crippen molar-refractivity contribution in [2.24, 2.45) is 0 Å². The Labute approximate surface area is 504 Å². The molecule has 6 heterocycles. The minimum atomic E-state index is -0.410. The van der Waals surface area contributed by atoms with Crippen molar-refractivity contribution in [3.05, 3.63) is 255 Å². The van der Waals surface area contributed by atoms with E-state index >= 15 is 0 Å². The minimum absolute atomic E-state index is 0.000191. The number of imidazole rings is 6. The Balaban J connectivity index is 0.000000145. The quantitative estimate of drug-likeness (QED) is 0.0667. The predicted octanol–water partition coefficient (Wildman–Crippen LogP) is 8.94. The summed E-state index contributed by atoms with van der Waals surface area (Å²) in [6, 6.07) is 31.9. The second-order valence-corrected chi connectivity index (χ2v) is 24.0. The molecule has 6 aromatic heterocycles. The van der Waals surface area contributed by atoms with Crippen LogP contribution in [0.4, 0.5) is 4.39 Å². The molecule has 18 nitrogen and oxygen atoms in total. The van der Waals surface area contributed by atoms with Crippen molar-refractivity contribution in [1.29, 1.82) is 0 Å². The molecule has 19 heteroatoms. The number of benzene rings is 6. The van der Waals surface area contributed by atoms with E-state index in [1.165, 1.54) is 29.3 Å². The summed E-state index contributed by atoms with van der Waals surface area (Å²) in [6.45, 7) is 20.7. The standard InChI is InChI=1S/C27H32N4O2.C21H20N4O2.C20H17FN4O2/c1-26(2,3)20-7-9-24(32)22(15-20)30-13-11-28(18-30)17-29-12-14-31(19-29)23-16-21(27(4,5)6)8-10-25(23)33;1-16-3-5-20(26)18(11-16)24-9-7-22(14-24)13-23-8-10-25(15-23)19-12-17(2)4-6-21(19)27;1-15-2-4-19(26)17(10-15)24-8-6-22(13-24)12-23-7-9-25(14-23)18-11-16(21)3-5-20(18)27/h7-16,18-19H,17H2,1-6H3;3-12,14-15H,13H2,1-2H3;2-11,13-14H,12H2,1H3/p+6. The van der Waals surface area contributed by atoms with Crippen LogP contribution in [-0.2, 0) is 30.8 Å². The SMILES string of the molecule is CC(C)(C)c1ccc(O)c(-n2cc[n+](C[n+]3ccn(-c4cc(C(C)(C)C)ccc4O)c3)c2)c1.Cc1ccc(O)c(-n2cc[n+](C[n+]3ccn(-c4cc(C)ccc4O)c3)c2)c1.Cc1ccc(O)c(-n2cc[n+](C[n+]3ccn(-c4cc(F)ccc4O)c3)c2)c1. The number of hydrogen-bond donors (Lipinski definition) is 6. The van der Waals surface area contributed by atoms with Crippen LogP contribution in [0.15, 0.2) is 222 Å². The van der Waals surface area contributed by atoms with Crippen LogP contribution in [0.25, 0.3) is 34.1 Å². The van der Waals surface area contributed by atoms with E-state index in [0.717, 1.165) is 39.4 Å². The average molecular weight is 1180 g/mol. The summed E-state index contributed by atoms with van der Waals surface area (Å²) in [5, 5.41) is 61.1. The first-order valence-electron chi connectivity index (χ1n) is 28.4. The zero-order valence-electron chi connectivity index (χ0n) is 50.3. The van der Waals surface area contributed by atoms with Crippen molar-refractivity contribution in [2.75, 3.05) is 0 Å². The third-order valence-corrected chi connectivity index (χ3v) is 14.8. The molecule has 87 heavy (non-hydrogen) atoms. The van der Waals surface area contributed by atoms with Crippen LogP contribution in [0.3, 0.4) is 0 Å². The summed E-state index contributed by atoms with van der Waals surface area (Å²) in [5.41, 5.74) is 9.67. The van der Waals surface area contributed by atoms with Crippen LogP contribution in [-0.4, -0.2) is 58.0 Å². The van der Waals surface area contributed by atoms with E-state index in [4.69, 9.17) is 0 Å². The largest absolute Gasteiger partial charge is 0.504 e. The molecule has 0 aliphatic heterocycles. The zero-order valence-corrected chi connectivity index (χ0v) is 50.3. The number of phenolic OH excluding ortho intramolecular Hbond substituents is 6. The Morgan fingerprint density at radius 2 is 0.529 bits per heavy atom. The van der Waals surface area contributed by atoms with E-state index in [9.17, 15) is 35.0 Å². The van der Waals surface area contributed by atoms with Gasteiger partial charge < -0.3 is 30.6 Å². The number of halogens is 1. The maximum absolute atomic E-state index is 13.5. The van der Waals surface area contributed by atoms with Crippen molar-refractivity contribution in [2.45, 2.75) is 93.1 Å². The van der Waals surface area contributed by atoms with Gasteiger partial charge in [-0.25, -0.2) is 4.39 Å². The van der Waals surface area contributed by atoms with Crippen molar-refractivity contribution in [3.8, 4) is 68.6 Å². The van der Waals surface area contributed by atoms with Gasteiger partial charge in [0.05, 0.1) is 0 Å². The second-order valence-electron chi connectivity index (χ2n) is 24.0. The maximum Gasteiger partial charge on any atom is 0.252 e. The van der Waals surface area contributed by atoms with Gasteiger partial charge in [-0.15, -0.1) is 0 Å². The maximum atomic E-state index is 13.5. The van der Waals surface area contributed by atoms with E-state index in [-0.39, 0.29) is 45.3 Å². The topological polar surface area (TPSA) is 174 Å². The van der Waals surface area contributed by atoms with Gasteiger partial charge in [-0.2, -0.15) is 54.8 Å². The van der Waals surface area contributed by atoms with Crippen LogP contribution in [0.1, 0.15) is 69.4 Å². The molecule has 6 aromatic carbocycles. The van der Waals surface area contributed by atoms with Gasteiger partial charge in [-0.05, 0) is 132 Å². The fraction of sp³-hybridized carbons (Fsp3) is 0.206. The molecule has 12 rings (SSSR count). The number of aryl methyl sites for hydroxylation is 3. The van der Waals surface area contributed by atoms with E-state index < -0.39 is 5.82 Å². The molecular formula is C68H75FN12O6+6. The Hall–Kier alpha value is -10.7. The highest BCUT2D eigenvalue weighted by atomic mass is 19.1. The summed E-state index contributed by atoms with van der Waals surface area (Å²) < 4.78 is 36.6. The summed E-state index contributed by atoms with van der Waals surface area (Å²) in [6.07, 6.45) is 34.4. The molecular weight excluding hydrogens is 1100 g/mol. The van der Waals surface area contributed by atoms with Crippen LogP contribution in [0, 0.1) is 26.6 Å². The van der Waals surface area contributed by atoms with E-state index in [0.29, 0.717) is 31.4 Å². The highest BCUT2D eigenvalue weighted by Gasteiger charge is 2.23.